The van der Waals surface area contributed by atoms with Gasteiger partial charge in [-0.1, -0.05) is 36.8 Å². The second kappa shape index (κ2) is 8.78. The van der Waals surface area contributed by atoms with E-state index >= 15 is 0 Å². The summed E-state index contributed by atoms with van der Waals surface area (Å²) in [5, 5.41) is 0. The van der Waals surface area contributed by atoms with Gasteiger partial charge in [0.25, 0.3) is 0 Å². The van der Waals surface area contributed by atoms with E-state index in [1.54, 1.807) is 37.4 Å². The molecule has 2 heterocycles. The molecule has 4 rings (SSSR count). The van der Waals surface area contributed by atoms with Crippen LogP contribution >= 0.6 is 0 Å². The van der Waals surface area contributed by atoms with Crippen molar-refractivity contribution < 1.29 is 17.9 Å². The van der Waals surface area contributed by atoms with Crippen molar-refractivity contribution in [3.63, 3.8) is 0 Å². The number of piperidine rings is 1. The minimum Gasteiger partial charge on any atom is -0.497 e. The molecule has 0 radical (unpaired) electrons. The van der Waals surface area contributed by atoms with Crippen LogP contribution in [0.15, 0.2) is 59.5 Å². The zero-order valence-electron chi connectivity index (χ0n) is 17.2. The van der Waals surface area contributed by atoms with E-state index < -0.39 is 16.1 Å². The van der Waals surface area contributed by atoms with E-state index in [0.29, 0.717) is 26.1 Å². The minimum absolute atomic E-state index is 0.0646. The lowest BCUT2D eigenvalue weighted by atomic mass is 9.98. The number of hydrogen-bond donors (Lipinski definition) is 0. The van der Waals surface area contributed by atoms with Gasteiger partial charge in [0.15, 0.2) is 0 Å². The molecule has 2 aliphatic heterocycles. The first kappa shape index (κ1) is 20.9. The Bertz CT molecular complexity index is 976. The highest BCUT2D eigenvalue weighted by Crippen LogP contribution is 2.32. The number of hydrogen-bond acceptors (Lipinski definition) is 4. The van der Waals surface area contributed by atoms with Gasteiger partial charge in [0, 0.05) is 25.6 Å². The molecule has 30 heavy (non-hydrogen) atoms. The van der Waals surface area contributed by atoms with Gasteiger partial charge in [-0.15, -0.1) is 0 Å². The van der Waals surface area contributed by atoms with E-state index in [0.717, 1.165) is 25.0 Å². The summed E-state index contributed by atoms with van der Waals surface area (Å²) in [4.78, 5) is 15.5. The second-order valence-corrected chi connectivity index (χ2v) is 9.87. The Balaban J connectivity index is 1.50. The summed E-state index contributed by atoms with van der Waals surface area (Å²) < 4.78 is 33.1. The van der Waals surface area contributed by atoms with E-state index in [9.17, 15) is 13.2 Å². The Morgan fingerprint density at radius 3 is 2.40 bits per heavy atom. The Morgan fingerprint density at radius 2 is 1.70 bits per heavy atom. The fourth-order valence-electron chi connectivity index (χ4n) is 4.49. The quantitative estimate of drug-likeness (QED) is 0.733. The minimum atomic E-state index is -3.69. The molecule has 0 aliphatic carbocycles. The van der Waals surface area contributed by atoms with Gasteiger partial charge in [0.05, 0.1) is 12.0 Å². The van der Waals surface area contributed by atoms with Gasteiger partial charge in [-0.25, -0.2) is 8.42 Å². The number of rotatable bonds is 5. The number of carbonyl (C=O) groups is 1. The lowest BCUT2D eigenvalue weighted by molar-refractivity contribution is -0.135. The molecule has 2 fully saturated rings. The van der Waals surface area contributed by atoms with Crippen molar-refractivity contribution in [3.05, 3.63) is 60.2 Å². The number of nitrogens with zero attached hydrogens (tertiary/aromatic N) is 2. The van der Waals surface area contributed by atoms with Crippen molar-refractivity contribution in [1.82, 2.24) is 9.21 Å². The van der Waals surface area contributed by atoms with Crippen molar-refractivity contribution in [1.29, 1.82) is 0 Å². The summed E-state index contributed by atoms with van der Waals surface area (Å²) >= 11 is 0. The zero-order chi connectivity index (χ0) is 21.1. The van der Waals surface area contributed by atoms with Gasteiger partial charge in [0.1, 0.15) is 11.8 Å². The maximum atomic E-state index is 13.4. The smallest absolute Gasteiger partial charge is 0.243 e. The third kappa shape index (κ3) is 4.09. The number of amides is 1. The summed E-state index contributed by atoms with van der Waals surface area (Å²) in [5.74, 6) is 1.02. The van der Waals surface area contributed by atoms with Crippen LogP contribution in [-0.4, -0.2) is 56.3 Å². The topological polar surface area (TPSA) is 66.9 Å². The lowest BCUT2D eigenvalue weighted by Crippen LogP contribution is -2.52. The molecule has 7 heteroatoms. The van der Waals surface area contributed by atoms with Gasteiger partial charge >= 0.3 is 0 Å². The Kier molecular flexibility index (Phi) is 6.11. The molecule has 0 aromatic heterocycles. The molecule has 6 nitrogen and oxygen atoms in total. The normalized spacial score (nSPS) is 22.8. The van der Waals surface area contributed by atoms with Crippen molar-refractivity contribution in [2.75, 3.05) is 26.7 Å². The summed E-state index contributed by atoms with van der Waals surface area (Å²) in [5.41, 5.74) is 1.18. The van der Waals surface area contributed by atoms with Gasteiger partial charge in [0.2, 0.25) is 15.9 Å². The standard InChI is InChI=1S/C23H28N2O4S/c1-29-20-12-10-18(11-13-20)19-14-16-24(17-19)23(26)22-9-5-6-15-25(22)30(27,28)21-7-3-2-4-8-21/h2-4,7-8,10-13,19,22H,5-6,9,14-17H2,1H3. The molecule has 0 bridgehead atoms. The number of likely N-dealkylation sites (tertiary alicyclic amines) is 1. The van der Waals surface area contributed by atoms with Crippen LogP contribution < -0.4 is 4.74 Å². The average molecular weight is 429 g/mol. The number of methoxy groups -OCH3 is 1. The van der Waals surface area contributed by atoms with Crippen molar-refractivity contribution in [2.45, 2.75) is 42.5 Å². The molecule has 2 saturated heterocycles. The summed E-state index contributed by atoms with van der Waals surface area (Å²) in [6.07, 6.45) is 3.11. The SMILES string of the molecule is COc1ccc(C2CCN(C(=O)C3CCCCN3S(=O)(=O)c3ccccc3)C2)cc1. The number of ether oxygens (including phenoxy) is 1. The Labute approximate surface area is 178 Å². The van der Waals surface area contributed by atoms with Crippen LogP contribution in [0.3, 0.4) is 0 Å². The molecular formula is C23H28N2O4S. The molecule has 2 aromatic rings. The fraction of sp³-hybridized carbons (Fsp3) is 0.435. The third-order valence-electron chi connectivity index (χ3n) is 6.18. The van der Waals surface area contributed by atoms with Crippen LogP contribution in [0.1, 0.15) is 37.2 Å². The Morgan fingerprint density at radius 1 is 0.967 bits per heavy atom. The van der Waals surface area contributed by atoms with Crippen molar-refractivity contribution >= 4 is 15.9 Å². The number of benzene rings is 2. The van der Waals surface area contributed by atoms with E-state index in [2.05, 4.69) is 0 Å². The van der Waals surface area contributed by atoms with E-state index in [-0.39, 0.29) is 16.7 Å². The first-order chi connectivity index (χ1) is 14.5. The van der Waals surface area contributed by atoms with Crippen LogP contribution in [0.5, 0.6) is 5.75 Å². The highest BCUT2D eigenvalue weighted by Gasteiger charge is 2.41. The fourth-order valence-corrected chi connectivity index (χ4v) is 6.16. The van der Waals surface area contributed by atoms with Crippen LogP contribution in [-0.2, 0) is 14.8 Å². The van der Waals surface area contributed by atoms with Crippen LogP contribution in [0.4, 0.5) is 0 Å². The molecule has 2 atom stereocenters. The molecule has 160 valence electrons. The summed E-state index contributed by atoms with van der Waals surface area (Å²) in [7, 11) is -2.04. The molecule has 2 aliphatic rings. The van der Waals surface area contributed by atoms with Gasteiger partial charge < -0.3 is 9.64 Å². The van der Waals surface area contributed by atoms with E-state index in [1.165, 1.54) is 9.87 Å². The highest BCUT2D eigenvalue weighted by molar-refractivity contribution is 7.89. The van der Waals surface area contributed by atoms with Gasteiger partial charge in [-0.2, -0.15) is 4.31 Å². The molecule has 0 N–H and O–H groups in total. The summed E-state index contributed by atoms with van der Waals surface area (Å²) in [6.45, 7) is 1.68. The predicted octanol–water partition coefficient (Wildman–Crippen LogP) is 3.25. The second-order valence-electron chi connectivity index (χ2n) is 7.98. The van der Waals surface area contributed by atoms with Crippen molar-refractivity contribution in [3.8, 4) is 5.75 Å². The number of sulfonamides is 1. The molecule has 0 spiro atoms. The van der Waals surface area contributed by atoms with Crippen LogP contribution in [0.2, 0.25) is 0 Å². The highest BCUT2D eigenvalue weighted by atomic mass is 32.2. The third-order valence-corrected chi connectivity index (χ3v) is 8.10. The maximum Gasteiger partial charge on any atom is 0.243 e. The molecule has 0 saturated carbocycles. The monoisotopic (exact) mass is 428 g/mol. The van der Waals surface area contributed by atoms with E-state index in [4.69, 9.17) is 4.74 Å². The van der Waals surface area contributed by atoms with Crippen LogP contribution in [0.25, 0.3) is 0 Å². The largest absolute Gasteiger partial charge is 0.497 e. The molecule has 1 amide bonds. The molecule has 2 aromatic carbocycles. The van der Waals surface area contributed by atoms with E-state index in [1.807, 2.05) is 29.2 Å². The van der Waals surface area contributed by atoms with Crippen molar-refractivity contribution in [2.24, 2.45) is 0 Å². The maximum absolute atomic E-state index is 13.4. The first-order valence-electron chi connectivity index (χ1n) is 10.5. The van der Waals surface area contributed by atoms with Crippen LogP contribution in [0, 0.1) is 0 Å². The Hall–Kier alpha value is -2.38. The lowest BCUT2D eigenvalue weighted by Gasteiger charge is -2.35. The molecule has 2 unspecified atom stereocenters. The predicted molar refractivity (Wildman–Crippen MR) is 115 cm³/mol. The zero-order valence-corrected chi connectivity index (χ0v) is 18.1. The van der Waals surface area contributed by atoms with Gasteiger partial charge in [-0.3, -0.25) is 4.79 Å². The number of carbonyl (C=O) groups excluding carboxylic acids is 1. The van der Waals surface area contributed by atoms with Gasteiger partial charge in [-0.05, 0) is 49.1 Å². The summed E-state index contributed by atoms with van der Waals surface area (Å²) in [6, 6.07) is 15.8. The average Bonchev–Trinajstić information content (AvgIpc) is 3.29. The molecular weight excluding hydrogens is 400 g/mol. The first-order valence-corrected chi connectivity index (χ1v) is 11.9.